The van der Waals surface area contributed by atoms with Gasteiger partial charge in [-0.15, -0.1) is 0 Å². The summed E-state index contributed by atoms with van der Waals surface area (Å²) >= 11 is 0. The number of amides is 1. The van der Waals surface area contributed by atoms with Crippen LogP contribution in [-0.4, -0.2) is 26.9 Å². The van der Waals surface area contributed by atoms with Crippen molar-refractivity contribution in [1.82, 2.24) is 9.55 Å². The average Bonchev–Trinajstić information content (AvgIpc) is 3.16. The lowest BCUT2D eigenvalue weighted by Crippen LogP contribution is -2.25. The highest BCUT2D eigenvalue weighted by Gasteiger charge is 2.35. The van der Waals surface area contributed by atoms with Crippen molar-refractivity contribution in [2.24, 2.45) is 7.05 Å². The van der Waals surface area contributed by atoms with Crippen LogP contribution in [0.15, 0.2) is 42.5 Å². The molecule has 0 spiro atoms. The number of nitrogens with zero attached hydrogens (tertiary/aromatic N) is 4. The SMILES string of the molecule is Cc1c(N2CC(c3nc4ccccc4n3C)CC2=O)cccc1[N+](=O)[O-]. The Labute approximate surface area is 150 Å². The second-order valence-corrected chi connectivity index (χ2v) is 6.60. The van der Waals surface area contributed by atoms with Gasteiger partial charge in [-0.05, 0) is 25.1 Å². The van der Waals surface area contributed by atoms with Gasteiger partial charge in [-0.25, -0.2) is 4.98 Å². The van der Waals surface area contributed by atoms with Gasteiger partial charge in [0, 0.05) is 32.0 Å². The van der Waals surface area contributed by atoms with Gasteiger partial charge in [-0.3, -0.25) is 14.9 Å². The molecular formula is C19H18N4O3. The van der Waals surface area contributed by atoms with E-state index in [1.54, 1.807) is 24.0 Å². The number of imidazole rings is 1. The molecule has 1 aliphatic rings. The number of aromatic nitrogens is 2. The van der Waals surface area contributed by atoms with E-state index >= 15 is 0 Å². The highest BCUT2D eigenvalue weighted by molar-refractivity contribution is 5.97. The van der Waals surface area contributed by atoms with Crippen LogP contribution in [0.5, 0.6) is 0 Å². The molecule has 3 aromatic rings. The highest BCUT2D eigenvalue weighted by atomic mass is 16.6. The zero-order valence-electron chi connectivity index (χ0n) is 14.5. The summed E-state index contributed by atoms with van der Waals surface area (Å²) in [5.41, 5.74) is 3.07. The molecule has 0 aliphatic carbocycles. The molecule has 1 atom stereocenters. The molecule has 132 valence electrons. The van der Waals surface area contributed by atoms with Gasteiger partial charge in [0.1, 0.15) is 5.82 Å². The van der Waals surface area contributed by atoms with Gasteiger partial charge >= 0.3 is 0 Å². The standard InChI is InChI=1S/C19H18N4O3/c1-12-15(8-5-9-16(12)23(25)26)22-11-13(10-18(22)24)19-20-14-6-3-4-7-17(14)21(19)2/h3-9,13H,10-11H2,1-2H3. The predicted octanol–water partition coefficient (Wildman–Crippen LogP) is 3.31. The Hall–Kier alpha value is -3.22. The van der Waals surface area contributed by atoms with Gasteiger partial charge < -0.3 is 9.47 Å². The number of nitro benzene ring substituents is 1. The van der Waals surface area contributed by atoms with Crippen molar-refractivity contribution in [1.29, 1.82) is 0 Å². The lowest BCUT2D eigenvalue weighted by Gasteiger charge is -2.19. The number of para-hydroxylation sites is 2. The highest BCUT2D eigenvalue weighted by Crippen LogP contribution is 2.36. The Morgan fingerprint density at radius 2 is 1.96 bits per heavy atom. The van der Waals surface area contributed by atoms with Gasteiger partial charge in [0.15, 0.2) is 0 Å². The zero-order chi connectivity index (χ0) is 18.4. The van der Waals surface area contributed by atoms with Gasteiger partial charge in [0.2, 0.25) is 5.91 Å². The summed E-state index contributed by atoms with van der Waals surface area (Å²) in [4.78, 5) is 29.8. The van der Waals surface area contributed by atoms with E-state index in [0.717, 1.165) is 16.9 Å². The third-order valence-electron chi connectivity index (χ3n) is 5.08. The number of nitro groups is 1. The minimum atomic E-state index is -0.414. The molecule has 0 saturated carbocycles. The van der Waals surface area contributed by atoms with Gasteiger partial charge in [-0.1, -0.05) is 18.2 Å². The Morgan fingerprint density at radius 3 is 2.69 bits per heavy atom. The molecule has 7 heteroatoms. The fourth-order valence-electron chi connectivity index (χ4n) is 3.74. The summed E-state index contributed by atoms with van der Waals surface area (Å²) in [5, 5.41) is 11.2. The van der Waals surface area contributed by atoms with Crippen LogP contribution in [0.2, 0.25) is 0 Å². The van der Waals surface area contributed by atoms with Crippen molar-refractivity contribution in [2.45, 2.75) is 19.3 Å². The van der Waals surface area contributed by atoms with Crippen molar-refractivity contribution in [3.8, 4) is 0 Å². The Morgan fingerprint density at radius 1 is 1.19 bits per heavy atom. The Bertz CT molecular complexity index is 1040. The number of rotatable bonds is 3. The summed E-state index contributed by atoms with van der Waals surface area (Å²) in [6.07, 6.45) is 0.347. The number of hydrogen-bond acceptors (Lipinski definition) is 4. The first-order chi connectivity index (χ1) is 12.5. The summed E-state index contributed by atoms with van der Waals surface area (Å²) in [5.74, 6) is 0.786. The molecule has 26 heavy (non-hydrogen) atoms. The summed E-state index contributed by atoms with van der Waals surface area (Å²) in [6.45, 7) is 2.15. The average molecular weight is 350 g/mol. The fourth-order valence-corrected chi connectivity index (χ4v) is 3.74. The maximum Gasteiger partial charge on any atom is 0.274 e. The van der Waals surface area contributed by atoms with E-state index in [1.807, 2.05) is 35.9 Å². The smallest absolute Gasteiger partial charge is 0.274 e. The monoisotopic (exact) mass is 350 g/mol. The van der Waals surface area contributed by atoms with Crippen LogP contribution in [0.1, 0.15) is 23.7 Å². The normalized spacial score (nSPS) is 17.2. The molecule has 1 saturated heterocycles. The van der Waals surface area contributed by atoms with Crippen molar-refractivity contribution in [2.75, 3.05) is 11.4 Å². The molecule has 1 unspecified atom stereocenters. The Balaban J connectivity index is 1.70. The van der Waals surface area contributed by atoms with Gasteiger partial charge in [0.25, 0.3) is 5.69 Å². The molecule has 1 fully saturated rings. The zero-order valence-corrected chi connectivity index (χ0v) is 14.5. The van der Waals surface area contributed by atoms with E-state index < -0.39 is 4.92 Å². The first kappa shape index (κ1) is 16.3. The van der Waals surface area contributed by atoms with Crippen LogP contribution in [0.4, 0.5) is 11.4 Å². The van der Waals surface area contributed by atoms with Crippen LogP contribution in [-0.2, 0) is 11.8 Å². The lowest BCUT2D eigenvalue weighted by atomic mass is 10.1. The van der Waals surface area contributed by atoms with E-state index in [1.165, 1.54) is 6.07 Å². The molecular weight excluding hydrogens is 332 g/mol. The molecule has 1 aromatic heterocycles. The quantitative estimate of drug-likeness (QED) is 0.536. The molecule has 0 bridgehead atoms. The molecule has 1 amide bonds. The number of carbonyl (C=O) groups excluding carboxylic acids is 1. The molecule has 4 rings (SSSR count). The van der Waals surface area contributed by atoms with Crippen LogP contribution >= 0.6 is 0 Å². The van der Waals surface area contributed by atoms with Gasteiger partial charge in [-0.2, -0.15) is 0 Å². The maximum absolute atomic E-state index is 12.6. The van der Waals surface area contributed by atoms with Gasteiger partial charge in [0.05, 0.1) is 27.2 Å². The van der Waals surface area contributed by atoms with Crippen molar-refractivity contribution in [3.63, 3.8) is 0 Å². The van der Waals surface area contributed by atoms with Crippen molar-refractivity contribution >= 4 is 28.3 Å². The van der Waals surface area contributed by atoms with E-state index in [0.29, 0.717) is 24.2 Å². The first-order valence-corrected chi connectivity index (χ1v) is 8.43. The fraction of sp³-hybridized carbons (Fsp3) is 0.263. The number of carbonyl (C=O) groups is 1. The number of anilines is 1. The summed E-state index contributed by atoms with van der Waals surface area (Å²) in [7, 11) is 1.95. The van der Waals surface area contributed by atoms with Crippen molar-refractivity contribution < 1.29 is 9.72 Å². The predicted molar refractivity (Wildman–Crippen MR) is 98.3 cm³/mol. The molecule has 2 aromatic carbocycles. The van der Waals surface area contributed by atoms with E-state index in [9.17, 15) is 14.9 Å². The van der Waals surface area contributed by atoms with Crippen LogP contribution in [0.25, 0.3) is 11.0 Å². The minimum Gasteiger partial charge on any atom is -0.331 e. The maximum atomic E-state index is 12.6. The minimum absolute atomic E-state index is 0.0291. The second kappa shape index (κ2) is 5.94. The molecule has 0 N–H and O–H groups in total. The number of benzene rings is 2. The van der Waals surface area contributed by atoms with Crippen LogP contribution in [0.3, 0.4) is 0 Å². The summed E-state index contributed by atoms with van der Waals surface area (Å²) in [6, 6.07) is 12.7. The molecule has 7 nitrogen and oxygen atoms in total. The van der Waals surface area contributed by atoms with Crippen molar-refractivity contribution in [3.05, 3.63) is 64.0 Å². The summed E-state index contributed by atoms with van der Waals surface area (Å²) < 4.78 is 2.02. The number of hydrogen-bond donors (Lipinski definition) is 0. The Kier molecular flexibility index (Phi) is 3.72. The number of fused-ring (bicyclic) bond motifs is 1. The first-order valence-electron chi connectivity index (χ1n) is 8.43. The van der Waals surface area contributed by atoms with E-state index in [2.05, 4.69) is 0 Å². The largest absolute Gasteiger partial charge is 0.331 e. The second-order valence-electron chi connectivity index (χ2n) is 6.60. The van der Waals surface area contributed by atoms with Crippen LogP contribution in [0, 0.1) is 17.0 Å². The lowest BCUT2D eigenvalue weighted by molar-refractivity contribution is -0.385. The topological polar surface area (TPSA) is 81.3 Å². The molecule has 1 aliphatic heterocycles. The van der Waals surface area contributed by atoms with Crippen LogP contribution < -0.4 is 4.90 Å². The molecule has 0 radical (unpaired) electrons. The third-order valence-corrected chi connectivity index (χ3v) is 5.08. The third kappa shape index (κ3) is 2.44. The van der Waals surface area contributed by atoms with E-state index in [-0.39, 0.29) is 17.5 Å². The van der Waals surface area contributed by atoms with E-state index in [4.69, 9.17) is 4.98 Å². The molecule has 2 heterocycles. The number of aryl methyl sites for hydroxylation is 1.